The maximum absolute atomic E-state index is 12.2. The minimum absolute atomic E-state index is 0.0225. The largest absolute Gasteiger partial charge is 0.493 e. The second-order valence-electron chi connectivity index (χ2n) is 6.32. The Morgan fingerprint density at radius 3 is 2.70 bits per heavy atom. The van der Waals surface area contributed by atoms with Crippen LogP contribution in [0.4, 0.5) is 4.79 Å². The quantitative estimate of drug-likeness (QED) is 0.842. The number of hydrogen-bond donors (Lipinski definition) is 1. The van der Waals surface area contributed by atoms with Crippen LogP contribution in [0.25, 0.3) is 0 Å². The van der Waals surface area contributed by atoms with E-state index >= 15 is 0 Å². The smallest absolute Gasteiger partial charge is 0.410 e. The Kier molecular flexibility index (Phi) is 5.13. The summed E-state index contributed by atoms with van der Waals surface area (Å²) in [6.45, 7) is 6.40. The molecule has 0 saturated carbocycles. The number of carbonyl (C=O) groups excluding carboxylic acids is 2. The minimum atomic E-state index is -0.590. The Morgan fingerprint density at radius 2 is 2.09 bits per heavy atom. The van der Waals surface area contributed by atoms with Crippen molar-refractivity contribution in [3.63, 3.8) is 0 Å². The van der Waals surface area contributed by atoms with Crippen molar-refractivity contribution in [1.82, 2.24) is 14.8 Å². The van der Waals surface area contributed by atoms with E-state index in [4.69, 9.17) is 4.74 Å². The molecule has 1 aromatic rings. The Morgan fingerprint density at radius 1 is 1.39 bits per heavy atom. The number of halogens is 1. The highest BCUT2D eigenvalue weighted by atomic mass is 79.9. The van der Waals surface area contributed by atoms with Crippen molar-refractivity contribution in [2.75, 3.05) is 19.6 Å². The number of hydrogen-bond acceptors (Lipinski definition) is 5. The van der Waals surface area contributed by atoms with E-state index in [1.54, 1.807) is 31.7 Å². The summed E-state index contributed by atoms with van der Waals surface area (Å²) in [5, 5.41) is 9.45. The van der Waals surface area contributed by atoms with Gasteiger partial charge in [-0.1, -0.05) is 0 Å². The molecular weight excluding hydrogens is 366 g/mol. The number of aromatic nitrogens is 1. The number of nitrogens with zero attached hydrogens (tertiary/aromatic N) is 3. The lowest BCUT2D eigenvalue weighted by Gasteiger charge is -2.35. The first-order valence-electron chi connectivity index (χ1n) is 7.26. The lowest BCUT2D eigenvalue weighted by atomic mass is 10.2. The van der Waals surface area contributed by atoms with Crippen LogP contribution in [0.15, 0.2) is 16.6 Å². The predicted octanol–water partition coefficient (Wildman–Crippen LogP) is 2.13. The van der Waals surface area contributed by atoms with Crippen LogP contribution in [0.5, 0.6) is 5.88 Å². The van der Waals surface area contributed by atoms with Crippen molar-refractivity contribution in [2.45, 2.75) is 32.9 Å². The van der Waals surface area contributed by atoms with Crippen LogP contribution in [-0.2, 0) is 16.1 Å². The van der Waals surface area contributed by atoms with E-state index in [9.17, 15) is 14.7 Å². The van der Waals surface area contributed by atoms with E-state index in [1.165, 1.54) is 11.0 Å². The van der Waals surface area contributed by atoms with Crippen molar-refractivity contribution >= 4 is 27.9 Å². The molecule has 0 atom stereocenters. The zero-order chi connectivity index (χ0) is 17.2. The Hall–Kier alpha value is -1.83. The summed E-state index contributed by atoms with van der Waals surface area (Å²) in [5.74, 6) is -0.276. The molecule has 1 N–H and O–H groups in total. The van der Waals surface area contributed by atoms with Gasteiger partial charge in [0.15, 0.2) is 0 Å². The van der Waals surface area contributed by atoms with Crippen LogP contribution in [0.3, 0.4) is 0 Å². The standard InChI is InChI=1S/C15H20BrN3O4/c1-15(2,3)23-14(22)19-7-6-18(13(21)9-19)8-11-10(16)4-5-12(20)17-11/h4-5H,6-9H2,1-3H3,(H,17,20). The first-order chi connectivity index (χ1) is 10.7. The molecule has 0 bridgehead atoms. The number of rotatable bonds is 2. The van der Waals surface area contributed by atoms with Gasteiger partial charge in [0, 0.05) is 23.6 Å². The monoisotopic (exact) mass is 385 g/mol. The number of carbonyl (C=O) groups is 2. The molecular formula is C15H20BrN3O4. The molecule has 0 radical (unpaired) electrons. The molecule has 0 spiro atoms. The number of aromatic hydroxyl groups is 1. The molecule has 1 saturated heterocycles. The third-order valence-electron chi connectivity index (χ3n) is 3.21. The second kappa shape index (κ2) is 6.74. The van der Waals surface area contributed by atoms with Gasteiger partial charge in [-0.15, -0.1) is 0 Å². The second-order valence-corrected chi connectivity index (χ2v) is 7.17. The van der Waals surface area contributed by atoms with Crippen molar-refractivity contribution in [3.05, 3.63) is 22.3 Å². The van der Waals surface area contributed by atoms with Gasteiger partial charge < -0.3 is 14.7 Å². The fraction of sp³-hybridized carbons (Fsp3) is 0.533. The SMILES string of the molecule is CC(C)(C)OC(=O)N1CCN(Cc2nc(O)ccc2Br)C(=O)C1. The van der Waals surface area contributed by atoms with Gasteiger partial charge in [0.25, 0.3) is 0 Å². The van der Waals surface area contributed by atoms with E-state index in [-0.39, 0.29) is 24.9 Å². The summed E-state index contributed by atoms with van der Waals surface area (Å²) in [6.07, 6.45) is -0.484. The normalized spacial score (nSPS) is 15.7. The van der Waals surface area contributed by atoms with Gasteiger partial charge in [-0.25, -0.2) is 9.78 Å². The van der Waals surface area contributed by atoms with E-state index in [0.29, 0.717) is 18.8 Å². The average Bonchev–Trinajstić information content (AvgIpc) is 2.43. The number of amides is 2. The Balaban J connectivity index is 1.98. The molecule has 1 aliphatic rings. The zero-order valence-corrected chi connectivity index (χ0v) is 15.0. The maximum atomic E-state index is 12.2. The fourth-order valence-corrected chi connectivity index (χ4v) is 2.47. The van der Waals surface area contributed by atoms with E-state index in [1.807, 2.05) is 0 Å². The molecule has 0 unspecified atom stereocenters. The first kappa shape index (κ1) is 17.5. The molecule has 1 fully saturated rings. The van der Waals surface area contributed by atoms with Crippen LogP contribution in [0.1, 0.15) is 26.5 Å². The molecule has 1 aromatic heterocycles. The number of piperazine rings is 1. The lowest BCUT2D eigenvalue weighted by molar-refractivity contribution is -0.136. The third-order valence-corrected chi connectivity index (χ3v) is 3.94. The average molecular weight is 386 g/mol. The van der Waals surface area contributed by atoms with Gasteiger partial charge in [-0.05, 0) is 42.8 Å². The van der Waals surface area contributed by atoms with E-state index in [0.717, 1.165) is 4.47 Å². The Bertz CT molecular complexity index is 615. The van der Waals surface area contributed by atoms with Gasteiger partial charge in [0.05, 0.1) is 12.2 Å². The van der Waals surface area contributed by atoms with Crippen molar-refractivity contribution in [3.8, 4) is 5.88 Å². The molecule has 8 heteroatoms. The third kappa shape index (κ3) is 4.82. The summed E-state index contributed by atoms with van der Waals surface area (Å²) >= 11 is 3.35. The minimum Gasteiger partial charge on any atom is -0.493 e. The van der Waals surface area contributed by atoms with E-state index in [2.05, 4.69) is 20.9 Å². The van der Waals surface area contributed by atoms with Crippen LogP contribution in [0, 0.1) is 0 Å². The summed E-state index contributed by atoms with van der Waals surface area (Å²) in [7, 11) is 0. The molecule has 1 aliphatic heterocycles. The summed E-state index contributed by atoms with van der Waals surface area (Å²) in [4.78, 5) is 31.3. The summed E-state index contributed by atoms with van der Waals surface area (Å²) in [6, 6.07) is 3.15. The molecule has 0 aliphatic carbocycles. The molecule has 2 amide bonds. The molecule has 126 valence electrons. The van der Waals surface area contributed by atoms with E-state index < -0.39 is 11.7 Å². The van der Waals surface area contributed by atoms with Crippen LogP contribution >= 0.6 is 15.9 Å². The van der Waals surface area contributed by atoms with Crippen LogP contribution in [-0.4, -0.2) is 57.1 Å². The Labute approximate surface area is 143 Å². The fourth-order valence-electron chi connectivity index (χ4n) is 2.12. The van der Waals surface area contributed by atoms with Crippen LogP contribution in [0.2, 0.25) is 0 Å². The van der Waals surface area contributed by atoms with Crippen LogP contribution < -0.4 is 0 Å². The van der Waals surface area contributed by atoms with Gasteiger partial charge >= 0.3 is 6.09 Å². The zero-order valence-electron chi connectivity index (χ0n) is 13.4. The summed E-state index contributed by atoms with van der Waals surface area (Å²) < 4.78 is 6.00. The first-order valence-corrected chi connectivity index (χ1v) is 8.05. The van der Waals surface area contributed by atoms with Crippen molar-refractivity contribution in [1.29, 1.82) is 0 Å². The molecule has 23 heavy (non-hydrogen) atoms. The van der Waals surface area contributed by atoms with Crippen molar-refractivity contribution in [2.24, 2.45) is 0 Å². The van der Waals surface area contributed by atoms with Gasteiger partial charge in [-0.3, -0.25) is 9.69 Å². The molecule has 7 nitrogen and oxygen atoms in total. The summed E-state index contributed by atoms with van der Waals surface area (Å²) in [5.41, 5.74) is -0.0165. The molecule has 2 rings (SSSR count). The maximum Gasteiger partial charge on any atom is 0.410 e. The van der Waals surface area contributed by atoms with Gasteiger partial charge in [0.2, 0.25) is 11.8 Å². The van der Waals surface area contributed by atoms with Gasteiger partial charge in [0.1, 0.15) is 12.1 Å². The highest BCUT2D eigenvalue weighted by Crippen LogP contribution is 2.21. The predicted molar refractivity (Wildman–Crippen MR) is 86.8 cm³/mol. The van der Waals surface area contributed by atoms with Gasteiger partial charge in [-0.2, -0.15) is 0 Å². The topological polar surface area (TPSA) is 83.0 Å². The number of ether oxygens (including phenoxy) is 1. The molecule has 2 heterocycles. The number of pyridine rings is 1. The van der Waals surface area contributed by atoms with Crippen molar-refractivity contribution < 1.29 is 19.4 Å². The molecule has 0 aromatic carbocycles. The highest BCUT2D eigenvalue weighted by Gasteiger charge is 2.30. The lowest BCUT2D eigenvalue weighted by Crippen LogP contribution is -2.52. The highest BCUT2D eigenvalue weighted by molar-refractivity contribution is 9.10.